The van der Waals surface area contributed by atoms with Crippen molar-refractivity contribution >= 4 is 38.3 Å². The molecule has 8 nitrogen and oxygen atoms in total. The molecule has 4 rings (SSSR count). The summed E-state index contributed by atoms with van der Waals surface area (Å²) in [5, 5.41) is 8.43. The number of carbonyl (C=O) groups excluding carboxylic acids is 1. The minimum Gasteiger partial charge on any atom is -0.356 e. The number of nitrogens with one attached hydrogen (secondary N) is 1. The zero-order valence-corrected chi connectivity index (χ0v) is 17.8. The molecule has 3 aromatic rings. The van der Waals surface area contributed by atoms with Crippen molar-refractivity contribution in [3.63, 3.8) is 0 Å². The highest BCUT2D eigenvalue weighted by Gasteiger charge is 2.33. The summed E-state index contributed by atoms with van der Waals surface area (Å²) in [7, 11) is -3.95. The highest BCUT2D eigenvalue weighted by molar-refractivity contribution is 7.89. The molecule has 168 valence electrons. The number of halogens is 2. The van der Waals surface area contributed by atoms with E-state index in [1.165, 1.54) is 24.3 Å². The summed E-state index contributed by atoms with van der Waals surface area (Å²) in [6, 6.07) is 8.83. The van der Waals surface area contributed by atoms with Gasteiger partial charge in [-0.05, 0) is 36.8 Å². The SMILES string of the molecule is NS(=O)(=O)c1cccc(NC(=O)c2cc3cnccc3nc2N2CCCC(F)(F)CC2)c1. The number of nitrogens with two attached hydrogens (primary N) is 1. The summed E-state index contributed by atoms with van der Waals surface area (Å²) in [5.41, 5.74) is 0.983. The number of sulfonamides is 1. The second kappa shape index (κ2) is 8.40. The van der Waals surface area contributed by atoms with E-state index in [2.05, 4.69) is 15.3 Å². The molecule has 1 fully saturated rings. The van der Waals surface area contributed by atoms with E-state index in [1.54, 1.807) is 29.4 Å². The largest absolute Gasteiger partial charge is 0.356 e. The quantitative estimate of drug-likeness (QED) is 0.616. The maximum absolute atomic E-state index is 13.9. The molecule has 1 aromatic carbocycles. The maximum Gasteiger partial charge on any atom is 0.259 e. The number of anilines is 2. The maximum atomic E-state index is 13.9. The smallest absolute Gasteiger partial charge is 0.259 e. The second-order valence-electron chi connectivity index (χ2n) is 7.65. The van der Waals surface area contributed by atoms with E-state index < -0.39 is 21.9 Å². The van der Waals surface area contributed by atoms with Gasteiger partial charge in [0.2, 0.25) is 15.9 Å². The molecule has 1 amide bonds. The Morgan fingerprint density at radius 2 is 1.97 bits per heavy atom. The fourth-order valence-electron chi connectivity index (χ4n) is 3.64. The van der Waals surface area contributed by atoms with Crippen LogP contribution < -0.4 is 15.4 Å². The molecule has 1 aliphatic rings. The summed E-state index contributed by atoms with van der Waals surface area (Å²) in [6.07, 6.45) is 2.83. The van der Waals surface area contributed by atoms with Gasteiger partial charge in [-0.25, -0.2) is 27.3 Å². The predicted molar refractivity (Wildman–Crippen MR) is 116 cm³/mol. The third-order valence-electron chi connectivity index (χ3n) is 5.28. The number of primary sulfonamides is 1. The lowest BCUT2D eigenvalue weighted by Gasteiger charge is -2.24. The Kier molecular flexibility index (Phi) is 5.78. The molecule has 0 atom stereocenters. The lowest BCUT2D eigenvalue weighted by molar-refractivity contribution is -0.0102. The first kappa shape index (κ1) is 22.0. The first-order valence-electron chi connectivity index (χ1n) is 9.94. The topological polar surface area (TPSA) is 118 Å². The number of aromatic nitrogens is 2. The minimum atomic E-state index is -3.95. The van der Waals surface area contributed by atoms with Crippen molar-refractivity contribution in [3.05, 3.63) is 54.4 Å². The molecule has 3 N–H and O–H groups in total. The summed E-state index contributed by atoms with van der Waals surface area (Å²) in [6.45, 7) is 0.387. The molecular weight excluding hydrogens is 440 g/mol. The number of carbonyl (C=O) groups is 1. The van der Waals surface area contributed by atoms with Crippen LogP contribution in [0.5, 0.6) is 0 Å². The molecule has 0 saturated carbocycles. The number of benzene rings is 1. The minimum absolute atomic E-state index is 0.0533. The van der Waals surface area contributed by atoms with Crippen molar-refractivity contribution in [3.8, 4) is 0 Å². The van der Waals surface area contributed by atoms with Crippen molar-refractivity contribution in [1.29, 1.82) is 0 Å². The van der Waals surface area contributed by atoms with Gasteiger partial charge in [-0.3, -0.25) is 9.78 Å². The van der Waals surface area contributed by atoms with Crippen LogP contribution in [0.1, 0.15) is 29.6 Å². The molecule has 0 spiro atoms. The Labute approximate surface area is 183 Å². The molecule has 3 heterocycles. The van der Waals surface area contributed by atoms with E-state index in [1.807, 2.05) is 0 Å². The Bertz CT molecular complexity index is 1280. The first-order chi connectivity index (χ1) is 15.1. The van der Waals surface area contributed by atoms with Crippen LogP contribution in [0.2, 0.25) is 0 Å². The van der Waals surface area contributed by atoms with E-state index in [-0.39, 0.29) is 42.0 Å². The fourth-order valence-corrected chi connectivity index (χ4v) is 4.20. The average molecular weight is 461 g/mol. The number of nitrogens with zero attached hydrogens (tertiary/aromatic N) is 3. The molecule has 0 aliphatic carbocycles. The van der Waals surface area contributed by atoms with Gasteiger partial charge in [-0.15, -0.1) is 0 Å². The van der Waals surface area contributed by atoms with Crippen LogP contribution in [0.15, 0.2) is 53.7 Å². The molecule has 0 unspecified atom stereocenters. The van der Waals surface area contributed by atoms with Gasteiger partial charge in [-0.2, -0.15) is 0 Å². The van der Waals surface area contributed by atoms with E-state index in [0.717, 1.165) is 0 Å². The van der Waals surface area contributed by atoms with Crippen molar-refractivity contribution in [1.82, 2.24) is 9.97 Å². The molecule has 0 radical (unpaired) electrons. The van der Waals surface area contributed by atoms with Crippen LogP contribution >= 0.6 is 0 Å². The van der Waals surface area contributed by atoms with Crippen LogP contribution in [0, 0.1) is 0 Å². The Morgan fingerprint density at radius 1 is 1.16 bits per heavy atom. The van der Waals surface area contributed by atoms with Gasteiger partial charge < -0.3 is 10.2 Å². The van der Waals surface area contributed by atoms with Crippen molar-refractivity contribution in [2.45, 2.75) is 30.1 Å². The molecule has 11 heteroatoms. The van der Waals surface area contributed by atoms with E-state index >= 15 is 0 Å². The van der Waals surface area contributed by atoms with Gasteiger partial charge in [0, 0.05) is 49.4 Å². The number of rotatable bonds is 4. The van der Waals surface area contributed by atoms with Crippen molar-refractivity contribution in [2.75, 3.05) is 23.3 Å². The van der Waals surface area contributed by atoms with Gasteiger partial charge in [0.1, 0.15) is 5.82 Å². The van der Waals surface area contributed by atoms with Gasteiger partial charge in [-0.1, -0.05) is 6.07 Å². The zero-order valence-electron chi connectivity index (χ0n) is 17.0. The van der Waals surface area contributed by atoms with Gasteiger partial charge in [0.05, 0.1) is 16.0 Å². The Morgan fingerprint density at radius 3 is 2.75 bits per heavy atom. The standard InChI is InChI=1S/C21H21F2N5O3S/c22-21(23)6-2-9-28(10-7-21)19-17(11-14-13-25-8-5-18(14)27-19)20(29)26-15-3-1-4-16(12-15)32(24,30)31/h1,3-5,8,11-13H,2,6-7,9-10H2,(H,26,29)(H2,24,30,31). The summed E-state index contributed by atoms with van der Waals surface area (Å²) in [5.74, 6) is -3.02. The molecule has 32 heavy (non-hydrogen) atoms. The number of amides is 1. The molecule has 0 bridgehead atoms. The third kappa shape index (κ3) is 4.83. The number of hydrogen-bond donors (Lipinski definition) is 2. The average Bonchev–Trinajstić information content (AvgIpc) is 2.92. The molecular formula is C21H21F2N5O3S. The Hall–Kier alpha value is -3.18. The summed E-state index contributed by atoms with van der Waals surface area (Å²) in [4.78, 5) is 23.3. The van der Waals surface area contributed by atoms with E-state index in [4.69, 9.17) is 5.14 Å². The lowest BCUT2D eigenvalue weighted by atomic mass is 10.1. The number of alkyl halides is 2. The van der Waals surface area contributed by atoms with E-state index in [0.29, 0.717) is 23.3 Å². The van der Waals surface area contributed by atoms with Crippen LogP contribution in [0.3, 0.4) is 0 Å². The van der Waals surface area contributed by atoms with E-state index in [9.17, 15) is 22.0 Å². The third-order valence-corrected chi connectivity index (χ3v) is 6.19. The number of hydrogen-bond acceptors (Lipinski definition) is 6. The molecule has 1 aliphatic heterocycles. The van der Waals surface area contributed by atoms with Crippen LogP contribution in [0.25, 0.3) is 10.9 Å². The normalized spacial score (nSPS) is 16.5. The van der Waals surface area contributed by atoms with Crippen LogP contribution in [-0.2, 0) is 10.0 Å². The summed E-state index contributed by atoms with van der Waals surface area (Å²) < 4.78 is 51.0. The van der Waals surface area contributed by atoms with Gasteiger partial charge in [0.15, 0.2) is 0 Å². The fraction of sp³-hybridized carbons (Fsp3) is 0.286. The first-order valence-corrected chi connectivity index (χ1v) is 11.5. The lowest BCUT2D eigenvalue weighted by Crippen LogP contribution is -2.29. The molecule has 1 saturated heterocycles. The zero-order chi connectivity index (χ0) is 22.9. The van der Waals surface area contributed by atoms with Crippen LogP contribution in [0.4, 0.5) is 20.3 Å². The Balaban J connectivity index is 1.72. The van der Waals surface area contributed by atoms with Crippen molar-refractivity contribution < 1.29 is 22.0 Å². The predicted octanol–water partition coefficient (Wildman–Crippen LogP) is 3.16. The summed E-state index contributed by atoms with van der Waals surface area (Å²) >= 11 is 0. The molecule has 2 aromatic heterocycles. The van der Waals surface area contributed by atoms with Crippen LogP contribution in [-0.4, -0.2) is 43.3 Å². The highest BCUT2D eigenvalue weighted by Crippen LogP contribution is 2.32. The number of fused-ring (bicyclic) bond motifs is 1. The van der Waals surface area contributed by atoms with Gasteiger partial charge >= 0.3 is 0 Å². The number of pyridine rings is 2. The second-order valence-corrected chi connectivity index (χ2v) is 9.21. The van der Waals surface area contributed by atoms with Crippen molar-refractivity contribution in [2.24, 2.45) is 5.14 Å². The monoisotopic (exact) mass is 461 g/mol. The highest BCUT2D eigenvalue weighted by atomic mass is 32.2. The van der Waals surface area contributed by atoms with Gasteiger partial charge in [0.25, 0.3) is 5.91 Å².